The molecule has 0 bridgehead atoms. The summed E-state index contributed by atoms with van der Waals surface area (Å²) in [6.45, 7) is 17.4. The van der Waals surface area contributed by atoms with Gasteiger partial charge < -0.3 is 9.64 Å². The molecule has 0 saturated carbocycles. The number of hydrogen-bond acceptors (Lipinski definition) is 4. The first-order chi connectivity index (χ1) is 8.75. The number of carbonyl (C=O) groups excluding carboxylic acids is 1. The van der Waals surface area contributed by atoms with Crippen molar-refractivity contribution in [3.63, 3.8) is 0 Å². The van der Waals surface area contributed by atoms with E-state index in [9.17, 15) is 4.79 Å². The van der Waals surface area contributed by atoms with Gasteiger partial charge in [0.1, 0.15) is 5.54 Å². The predicted molar refractivity (Wildman–Crippen MR) is 80.3 cm³/mol. The van der Waals surface area contributed by atoms with E-state index in [-0.39, 0.29) is 12.0 Å². The van der Waals surface area contributed by atoms with Gasteiger partial charge in [-0.25, -0.2) is 0 Å². The van der Waals surface area contributed by atoms with Gasteiger partial charge in [0.2, 0.25) is 0 Å². The molecule has 0 spiro atoms. The maximum absolute atomic E-state index is 12.2. The number of likely N-dealkylation sites (N-methyl/N-ethyl adjacent to an activating group) is 1. The average molecular weight is 272 g/mol. The number of ether oxygens (including phenoxy) is 1. The van der Waals surface area contributed by atoms with Crippen molar-refractivity contribution in [1.82, 2.24) is 10.2 Å². The van der Waals surface area contributed by atoms with Gasteiger partial charge in [0.15, 0.2) is 0 Å². The Kier molecular flexibility index (Phi) is 8.26. The molecule has 4 nitrogen and oxygen atoms in total. The van der Waals surface area contributed by atoms with Gasteiger partial charge in [0.25, 0.3) is 0 Å². The number of nitrogens with zero attached hydrogens (tertiary/aromatic N) is 1. The van der Waals surface area contributed by atoms with Gasteiger partial charge in [-0.2, -0.15) is 0 Å². The molecular weight excluding hydrogens is 240 g/mol. The Labute approximate surface area is 118 Å². The second-order valence-electron chi connectivity index (χ2n) is 6.07. The molecule has 0 aliphatic rings. The Hall–Kier alpha value is -0.610. The van der Waals surface area contributed by atoms with Crippen LogP contribution in [0.15, 0.2) is 0 Å². The van der Waals surface area contributed by atoms with Crippen LogP contribution in [0.4, 0.5) is 0 Å². The van der Waals surface area contributed by atoms with Crippen molar-refractivity contribution in [1.29, 1.82) is 0 Å². The molecule has 0 amide bonds. The van der Waals surface area contributed by atoms with E-state index < -0.39 is 5.54 Å². The van der Waals surface area contributed by atoms with Crippen LogP contribution in [-0.4, -0.2) is 48.7 Å². The number of hydrogen-bond donors (Lipinski definition) is 1. The molecule has 0 aliphatic heterocycles. The van der Waals surface area contributed by atoms with E-state index in [1.54, 1.807) is 0 Å². The van der Waals surface area contributed by atoms with Crippen LogP contribution in [0.1, 0.15) is 48.5 Å². The summed E-state index contributed by atoms with van der Waals surface area (Å²) in [5, 5.41) is 3.36. The molecule has 4 heteroatoms. The lowest BCUT2D eigenvalue weighted by atomic mass is 9.99. The molecule has 0 aromatic heterocycles. The molecule has 1 atom stereocenters. The molecule has 0 heterocycles. The minimum atomic E-state index is -0.644. The topological polar surface area (TPSA) is 41.6 Å². The lowest BCUT2D eigenvalue weighted by Crippen LogP contribution is -2.59. The summed E-state index contributed by atoms with van der Waals surface area (Å²) in [4.78, 5) is 14.5. The average Bonchev–Trinajstić information content (AvgIpc) is 2.26. The third kappa shape index (κ3) is 6.92. The van der Waals surface area contributed by atoms with E-state index >= 15 is 0 Å². The highest BCUT2D eigenvalue weighted by atomic mass is 16.5. The monoisotopic (exact) mass is 272 g/mol. The van der Waals surface area contributed by atoms with E-state index in [1.165, 1.54) is 0 Å². The predicted octanol–water partition coefficient (Wildman–Crippen LogP) is 2.28. The fourth-order valence-corrected chi connectivity index (χ4v) is 2.37. The van der Waals surface area contributed by atoms with E-state index in [2.05, 4.69) is 44.8 Å². The fourth-order valence-electron chi connectivity index (χ4n) is 2.37. The molecule has 0 fully saturated rings. The molecule has 1 unspecified atom stereocenters. The summed E-state index contributed by atoms with van der Waals surface area (Å²) >= 11 is 0. The molecule has 0 aliphatic carbocycles. The highest BCUT2D eigenvalue weighted by Gasteiger charge is 2.36. The molecule has 19 heavy (non-hydrogen) atoms. The Morgan fingerprint density at radius 3 is 2.21 bits per heavy atom. The van der Waals surface area contributed by atoms with E-state index in [0.29, 0.717) is 19.1 Å². The summed E-state index contributed by atoms with van der Waals surface area (Å²) in [6, 6.07) is 0.243. The van der Waals surface area contributed by atoms with Crippen LogP contribution >= 0.6 is 0 Å². The van der Waals surface area contributed by atoms with Gasteiger partial charge in [-0.05, 0) is 40.2 Å². The van der Waals surface area contributed by atoms with Crippen molar-refractivity contribution in [2.45, 2.75) is 60.0 Å². The standard InChI is InChI=1S/C15H32N2O2/c1-8-17(10-12(3)4)11-15(7,16-13(5)6)14(18)19-9-2/h12-13,16H,8-11H2,1-7H3. The Bertz CT molecular complexity index is 267. The van der Waals surface area contributed by atoms with Gasteiger partial charge in [-0.15, -0.1) is 0 Å². The van der Waals surface area contributed by atoms with Crippen LogP contribution in [0.3, 0.4) is 0 Å². The first-order valence-electron chi connectivity index (χ1n) is 7.42. The number of carbonyl (C=O) groups is 1. The maximum Gasteiger partial charge on any atom is 0.327 e. The van der Waals surface area contributed by atoms with Gasteiger partial charge >= 0.3 is 5.97 Å². The summed E-state index contributed by atoms with van der Waals surface area (Å²) in [5.74, 6) is 0.427. The molecule has 1 N–H and O–H groups in total. The maximum atomic E-state index is 12.2. The van der Waals surface area contributed by atoms with Crippen LogP contribution < -0.4 is 5.32 Å². The number of esters is 1. The van der Waals surface area contributed by atoms with Gasteiger partial charge in [0, 0.05) is 19.1 Å². The van der Waals surface area contributed by atoms with Crippen molar-refractivity contribution >= 4 is 5.97 Å². The zero-order chi connectivity index (χ0) is 15.1. The van der Waals surface area contributed by atoms with Crippen molar-refractivity contribution in [3.8, 4) is 0 Å². The summed E-state index contributed by atoms with van der Waals surface area (Å²) in [5.41, 5.74) is -0.644. The number of nitrogens with one attached hydrogen (secondary N) is 1. The van der Waals surface area contributed by atoms with Crippen molar-refractivity contribution in [2.24, 2.45) is 5.92 Å². The van der Waals surface area contributed by atoms with Gasteiger partial charge in [0.05, 0.1) is 6.61 Å². The molecule has 0 rings (SSSR count). The minimum absolute atomic E-state index is 0.161. The van der Waals surface area contributed by atoms with Crippen molar-refractivity contribution < 1.29 is 9.53 Å². The highest BCUT2D eigenvalue weighted by molar-refractivity contribution is 5.80. The first kappa shape index (κ1) is 18.4. The van der Waals surface area contributed by atoms with Crippen LogP contribution in [0.5, 0.6) is 0 Å². The lowest BCUT2D eigenvalue weighted by molar-refractivity contribution is -0.151. The lowest BCUT2D eigenvalue weighted by Gasteiger charge is -2.36. The van der Waals surface area contributed by atoms with Crippen LogP contribution in [0.25, 0.3) is 0 Å². The second kappa shape index (κ2) is 8.54. The summed E-state index contributed by atoms with van der Waals surface area (Å²) in [6.07, 6.45) is 0. The first-order valence-corrected chi connectivity index (χ1v) is 7.42. The van der Waals surface area contributed by atoms with Crippen molar-refractivity contribution in [2.75, 3.05) is 26.2 Å². The smallest absolute Gasteiger partial charge is 0.327 e. The summed E-state index contributed by atoms with van der Waals surface area (Å²) in [7, 11) is 0. The van der Waals surface area contributed by atoms with Crippen LogP contribution in [0, 0.1) is 5.92 Å². The van der Waals surface area contributed by atoms with E-state index in [4.69, 9.17) is 4.74 Å². The minimum Gasteiger partial charge on any atom is -0.465 e. The van der Waals surface area contributed by atoms with E-state index in [0.717, 1.165) is 13.1 Å². The third-order valence-electron chi connectivity index (χ3n) is 2.94. The van der Waals surface area contributed by atoms with Gasteiger partial charge in [-0.3, -0.25) is 10.1 Å². The SMILES string of the molecule is CCOC(=O)C(C)(CN(CC)CC(C)C)NC(C)C. The molecule has 0 saturated heterocycles. The fraction of sp³-hybridized carbons (Fsp3) is 0.933. The second-order valence-corrected chi connectivity index (χ2v) is 6.07. The number of rotatable bonds is 9. The Balaban J connectivity index is 4.86. The van der Waals surface area contributed by atoms with Crippen LogP contribution in [0.2, 0.25) is 0 Å². The Morgan fingerprint density at radius 1 is 1.26 bits per heavy atom. The molecular formula is C15H32N2O2. The molecule has 0 aromatic rings. The normalized spacial score (nSPS) is 15.1. The van der Waals surface area contributed by atoms with E-state index in [1.807, 2.05) is 13.8 Å². The highest BCUT2D eigenvalue weighted by Crippen LogP contribution is 2.13. The Morgan fingerprint density at radius 2 is 1.84 bits per heavy atom. The zero-order valence-electron chi connectivity index (χ0n) is 13.7. The third-order valence-corrected chi connectivity index (χ3v) is 2.94. The van der Waals surface area contributed by atoms with Crippen LogP contribution in [-0.2, 0) is 9.53 Å². The molecule has 114 valence electrons. The largest absolute Gasteiger partial charge is 0.465 e. The molecule has 0 aromatic carbocycles. The van der Waals surface area contributed by atoms with Crippen molar-refractivity contribution in [3.05, 3.63) is 0 Å². The quantitative estimate of drug-likeness (QED) is 0.654. The molecule has 0 radical (unpaired) electrons. The summed E-state index contributed by atoms with van der Waals surface area (Å²) < 4.78 is 5.23. The van der Waals surface area contributed by atoms with Gasteiger partial charge in [-0.1, -0.05) is 20.8 Å². The zero-order valence-corrected chi connectivity index (χ0v) is 13.7.